The number of nitrogens with zero attached hydrogens (tertiary/aromatic N) is 2. The average molecular weight is 213 g/mol. The number of hydrogen-bond donors (Lipinski definition) is 1. The van der Waals surface area contributed by atoms with E-state index in [2.05, 4.69) is 21.8 Å². The van der Waals surface area contributed by atoms with Crippen LogP contribution in [0.1, 0.15) is 50.8 Å². The van der Waals surface area contributed by atoms with E-state index in [1.54, 1.807) is 0 Å². The van der Waals surface area contributed by atoms with Crippen LogP contribution < -0.4 is 5.32 Å². The van der Waals surface area contributed by atoms with Gasteiger partial charge in [0.1, 0.15) is 0 Å². The SMILES string of the molecule is CCCCCCC(NC)c1csnn1. The third-order valence-corrected chi connectivity index (χ3v) is 2.95. The van der Waals surface area contributed by atoms with Gasteiger partial charge in [-0.05, 0) is 25.0 Å². The molecule has 1 unspecified atom stereocenters. The van der Waals surface area contributed by atoms with Gasteiger partial charge in [-0.25, -0.2) is 0 Å². The minimum absolute atomic E-state index is 0.394. The van der Waals surface area contributed by atoms with Crippen LogP contribution in [0.3, 0.4) is 0 Å². The second kappa shape index (κ2) is 6.90. The fraction of sp³-hybridized carbons (Fsp3) is 0.800. The maximum absolute atomic E-state index is 4.09. The first-order valence-electron chi connectivity index (χ1n) is 5.32. The molecule has 4 heteroatoms. The normalized spacial score (nSPS) is 13.0. The van der Waals surface area contributed by atoms with Gasteiger partial charge in [-0.1, -0.05) is 37.1 Å². The Hall–Kier alpha value is -0.480. The van der Waals surface area contributed by atoms with Crippen LogP contribution in [0.4, 0.5) is 0 Å². The third kappa shape index (κ3) is 3.72. The summed E-state index contributed by atoms with van der Waals surface area (Å²) in [4.78, 5) is 0. The maximum atomic E-state index is 4.09. The van der Waals surface area contributed by atoms with Crippen molar-refractivity contribution >= 4 is 11.5 Å². The van der Waals surface area contributed by atoms with Crippen LogP contribution in [0.15, 0.2) is 5.38 Å². The Bertz CT molecular complexity index is 223. The molecule has 0 saturated heterocycles. The van der Waals surface area contributed by atoms with Gasteiger partial charge >= 0.3 is 0 Å². The fourth-order valence-corrected chi connectivity index (χ4v) is 2.05. The molecule has 0 saturated carbocycles. The number of nitrogens with one attached hydrogen (secondary N) is 1. The van der Waals surface area contributed by atoms with Crippen LogP contribution in [0.5, 0.6) is 0 Å². The topological polar surface area (TPSA) is 37.8 Å². The molecule has 0 bridgehead atoms. The van der Waals surface area contributed by atoms with Gasteiger partial charge in [0.25, 0.3) is 0 Å². The van der Waals surface area contributed by atoms with E-state index in [-0.39, 0.29) is 0 Å². The van der Waals surface area contributed by atoms with E-state index in [0.29, 0.717) is 6.04 Å². The van der Waals surface area contributed by atoms with E-state index in [0.717, 1.165) is 5.69 Å². The summed E-state index contributed by atoms with van der Waals surface area (Å²) >= 11 is 1.43. The number of rotatable bonds is 7. The van der Waals surface area contributed by atoms with Crippen LogP contribution in [-0.2, 0) is 0 Å². The Morgan fingerprint density at radius 2 is 2.29 bits per heavy atom. The van der Waals surface area contributed by atoms with Crippen LogP contribution in [-0.4, -0.2) is 16.6 Å². The summed E-state index contributed by atoms with van der Waals surface area (Å²) in [7, 11) is 1.99. The largest absolute Gasteiger partial charge is 0.312 e. The van der Waals surface area contributed by atoms with Gasteiger partial charge in [-0.15, -0.1) is 5.10 Å². The van der Waals surface area contributed by atoms with Crippen molar-refractivity contribution in [3.8, 4) is 0 Å². The number of unbranched alkanes of at least 4 members (excludes halogenated alkanes) is 3. The zero-order valence-corrected chi connectivity index (χ0v) is 9.81. The molecule has 1 rings (SSSR count). The Kier molecular flexibility index (Phi) is 5.71. The maximum Gasteiger partial charge on any atom is 0.0924 e. The molecule has 0 aliphatic carbocycles. The Balaban J connectivity index is 2.26. The summed E-state index contributed by atoms with van der Waals surface area (Å²) in [5.74, 6) is 0. The van der Waals surface area contributed by atoms with E-state index in [9.17, 15) is 0 Å². The first-order chi connectivity index (χ1) is 6.88. The quantitative estimate of drug-likeness (QED) is 0.708. The molecule has 0 amide bonds. The zero-order valence-electron chi connectivity index (χ0n) is 8.99. The van der Waals surface area contributed by atoms with Crippen LogP contribution >= 0.6 is 11.5 Å². The molecule has 0 spiro atoms. The van der Waals surface area contributed by atoms with Crippen molar-refractivity contribution in [2.45, 2.75) is 45.1 Å². The highest BCUT2D eigenvalue weighted by Gasteiger charge is 2.10. The summed E-state index contributed by atoms with van der Waals surface area (Å²) in [6.07, 6.45) is 6.40. The van der Waals surface area contributed by atoms with E-state index >= 15 is 0 Å². The van der Waals surface area contributed by atoms with E-state index in [1.807, 2.05) is 12.4 Å². The summed E-state index contributed by atoms with van der Waals surface area (Å²) in [6, 6.07) is 0.394. The van der Waals surface area contributed by atoms with Crippen molar-refractivity contribution in [2.75, 3.05) is 7.05 Å². The highest BCUT2D eigenvalue weighted by Crippen LogP contribution is 2.18. The second-order valence-electron chi connectivity index (χ2n) is 3.52. The van der Waals surface area contributed by atoms with Crippen LogP contribution in [0.25, 0.3) is 0 Å². The Morgan fingerprint density at radius 3 is 2.86 bits per heavy atom. The average Bonchev–Trinajstić information content (AvgIpc) is 2.71. The fourth-order valence-electron chi connectivity index (χ4n) is 1.54. The van der Waals surface area contributed by atoms with E-state index in [1.165, 1.54) is 43.6 Å². The molecule has 0 fully saturated rings. The highest BCUT2D eigenvalue weighted by molar-refractivity contribution is 7.03. The molecule has 0 aromatic carbocycles. The summed E-state index contributed by atoms with van der Waals surface area (Å²) < 4.78 is 3.89. The Labute approximate surface area is 90.1 Å². The van der Waals surface area contributed by atoms with Crippen molar-refractivity contribution in [1.29, 1.82) is 0 Å². The summed E-state index contributed by atoms with van der Waals surface area (Å²) in [5, 5.41) is 9.41. The predicted octanol–water partition coefficient (Wildman–Crippen LogP) is 2.77. The van der Waals surface area contributed by atoms with Crippen molar-refractivity contribution in [3.63, 3.8) is 0 Å². The van der Waals surface area contributed by atoms with Gasteiger partial charge in [0.05, 0.1) is 11.7 Å². The summed E-state index contributed by atoms with van der Waals surface area (Å²) in [6.45, 7) is 2.24. The molecular formula is C10H19N3S. The van der Waals surface area contributed by atoms with Gasteiger partial charge in [-0.2, -0.15) is 0 Å². The van der Waals surface area contributed by atoms with Crippen molar-refractivity contribution in [1.82, 2.24) is 14.9 Å². The predicted molar refractivity (Wildman–Crippen MR) is 60.5 cm³/mol. The monoisotopic (exact) mass is 213 g/mol. The summed E-state index contributed by atoms with van der Waals surface area (Å²) in [5.41, 5.74) is 1.09. The lowest BCUT2D eigenvalue weighted by atomic mass is 10.1. The molecule has 3 nitrogen and oxygen atoms in total. The molecule has 0 aliphatic rings. The van der Waals surface area contributed by atoms with E-state index in [4.69, 9.17) is 0 Å². The molecule has 1 aromatic heterocycles. The van der Waals surface area contributed by atoms with Gasteiger partial charge < -0.3 is 5.32 Å². The van der Waals surface area contributed by atoms with Crippen molar-refractivity contribution in [2.24, 2.45) is 0 Å². The number of aromatic nitrogens is 2. The molecule has 1 heterocycles. The van der Waals surface area contributed by atoms with Crippen molar-refractivity contribution < 1.29 is 0 Å². The minimum atomic E-state index is 0.394. The first-order valence-corrected chi connectivity index (χ1v) is 6.16. The minimum Gasteiger partial charge on any atom is -0.312 e. The third-order valence-electron chi connectivity index (χ3n) is 2.43. The molecule has 0 aliphatic heterocycles. The lowest BCUT2D eigenvalue weighted by Crippen LogP contribution is -2.16. The highest BCUT2D eigenvalue weighted by atomic mass is 32.1. The van der Waals surface area contributed by atoms with Crippen LogP contribution in [0, 0.1) is 0 Å². The Morgan fingerprint density at radius 1 is 1.43 bits per heavy atom. The van der Waals surface area contributed by atoms with Crippen molar-refractivity contribution in [3.05, 3.63) is 11.1 Å². The molecule has 1 aromatic rings. The molecule has 0 radical (unpaired) electrons. The molecule has 1 atom stereocenters. The van der Waals surface area contributed by atoms with Gasteiger partial charge in [0.15, 0.2) is 0 Å². The van der Waals surface area contributed by atoms with Gasteiger partial charge in [0, 0.05) is 5.38 Å². The molecule has 14 heavy (non-hydrogen) atoms. The van der Waals surface area contributed by atoms with E-state index < -0.39 is 0 Å². The van der Waals surface area contributed by atoms with Gasteiger partial charge in [-0.3, -0.25) is 0 Å². The standard InChI is InChI=1S/C10H19N3S/c1-3-4-5-6-7-9(11-2)10-8-14-13-12-10/h8-9,11H,3-7H2,1-2H3. The zero-order chi connectivity index (χ0) is 10.2. The lowest BCUT2D eigenvalue weighted by molar-refractivity contribution is 0.495. The lowest BCUT2D eigenvalue weighted by Gasteiger charge is -2.12. The number of hydrogen-bond acceptors (Lipinski definition) is 4. The molecular weight excluding hydrogens is 194 g/mol. The molecule has 1 N–H and O–H groups in total. The second-order valence-corrected chi connectivity index (χ2v) is 4.13. The molecule has 80 valence electrons. The first kappa shape index (κ1) is 11.6. The van der Waals surface area contributed by atoms with Gasteiger partial charge in [0.2, 0.25) is 0 Å². The van der Waals surface area contributed by atoms with Crippen LogP contribution in [0.2, 0.25) is 0 Å². The smallest absolute Gasteiger partial charge is 0.0924 e.